The minimum absolute atomic E-state index is 0.0483. The van der Waals surface area contributed by atoms with Gasteiger partial charge in [-0.2, -0.15) is 4.98 Å². The highest BCUT2D eigenvalue weighted by molar-refractivity contribution is 6.18. The number of imide groups is 1. The van der Waals surface area contributed by atoms with Gasteiger partial charge < -0.3 is 5.32 Å². The maximum absolute atomic E-state index is 12.2. The molecule has 1 N–H and O–H groups in total. The predicted molar refractivity (Wildman–Crippen MR) is 108 cm³/mol. The molecule has 2 aliphatic heterocycles. The van der Waals surface area contributed by atoms with E-state index < -0.39 is 0 Å². The van der Waals surface area contributed by atoms with Crippen LogP contribution in [0, 0.1) is 6.92 Å². The monoisotopic (exact) mass is 387 g/mol. The number of amides is 2. The summed E-state index contributed by atoms with van der Waals surface area (Å²) in [7, 11) is 0. The van der Waals surface area contributed by atoms with Gasteiger partial charge in [-0.05, 0) is 24.5 Å². The number of hydrogen-bond donors (Lipinski definition) is 1. The minimum Gasteiger partial charge on any atom is -0.347 e. The number of aromatic nitrogens is 3. The van der Waals surface area contributed by atoms with Crippen molar-refractivity contribution in [3.63, 3.8) is 0 Å². The van der Waals surface area contributed by atoms with E-state index >= 15 is 0 Å². The third-order valence-electron chi connectivity index (χ3n) is 5.59. The highest BCUT2D eigenvalue weighted by Gasteiger charge is 2.37. The quantitative estimate of drug-likeness (QED) is 0.697. The Balaban J connectivity index is 1.57. The summed E-state index contributed by atoms with van der Waals surface area (Å²) in [5.41, 5.74) is 3.49. The molecule has 0 radical (unpaired) electrons. The number of carbonyl (C=O) groups excluding carboxylic acids is 2. The average molecular weight is 387 g/mol. The van der Waals surface area contributed by atoms with Crippen molar-refractivity contribution in [3.8, 4) is 0 Å². The summed E-state index contributed by atoms with van der Waals surface area (Å²) in [4.78, 5) is 30.0. The van der Waals surface area contributed by atoms with Gasteiger partial charge in [-0.3, -0.25) is 9.59 Å². The van der Waals surface area contributed by atoms with Crippen LogP contribution in [0.25, 0.3) is 0 Å². The van der Waals surface area contributed by atoms with Crippen LogP contribution in [-0.2, 0) is 9.59 Å². The zero-order valence-electron chi connectivity index (χ0n) is 16.1. The lowest BCUT2D eigenvalue weighted by Gasteiger charge is -2.31. The van der Waals surface area contributed by atoms with Crippen LogP contribution in [0.1, 0.15) is 48.0 Å². The first kappa shape index (κ1) is 17.6. The number of carbonyl (C=O) groups is 2. The predicted octanol–water partition coefficient (Wildman–Crippen LogP) is 3.39. The minimum atomic E-state index is -0.246. The van der Waals surface area contributed by atoms with Crippen molar-refractivity contribution in [1.29, 1.82) is 0 Å². The van der Waals surface area contributed by atoms with Crippen molar-refractivity contribution >= 4 is 23.7 Å². The largest absolute Gasteiger partial charge is 0.347 e. The lowest BCUT2D eigenvalue weighted by atomic mass is 9.93. The number of fused-ring (bicyclic) bond motifs is 1. The van der Waals surface area contributed by atoms with Gasteiger partial charge in [-0.25, -0.2) is 9.58 Å². The molecule has 0 bridgehead atoms. The summed E-state index contributed by atoms with van der Waals surface area (Å²) in [6, 6.07) is 18.6. The highest BCUT2D eigenvalue weighted by atomic mass is 16.2. The van der Waals surface area contributed by atoms with Gasteiger partial charge >= 0.3 is 0 Å². The molecule has 2 atom stereocenters. The van der Waals surface area contributed by atoms with Gasteiger partial charge in [0.25, 0.3) is 5.95 Å². The molecule has 2 aromatic carbocycles. The first-order valence-corrected chi connectivity index (χ1v) is 9.80. The lowest BCUT2D eigenvalue weighted by Crippen LogP contribution is -2.30. The van der Waals surface area contributed by atoms with Crippen molar-refractivity contribution in [2.45, 2.75) is 38.3 Å². The van der Waals surface area contributed by atoms with Crippen LogP contribution >= 0.6 is 0 Å². The molecule has 29 heavy (non-hydrogen) atoms. The van der Waals surface area contributed by atoms with E-state index in [0.29, 0.717) is 5.95 Å². The van der Waals surface area contributed by atoms with Crippen molar-refractivity contribution < 1.29 is 9.59 Å². The summed E-state index contributed by atoms with van der Waals surface area (Å²) >= 11 is 0. The maximum atomic E-state index is 12.2. The molecule has 2 aliphatic rings. The molecular weight excluding hydrogens is 366 g/mol. The van der Waals surface area contributed by atoms with Gasteiger partial charge in [0, 0.05) is 12.8 Å². The van der Waals surface area contributed by atoms with Gasteiger partial charge in [0.1, 0.15) is 0 Å². The fourth-order valence-corrected chi connectivity index (χ4v) is 4.03. The number of nitrogens with one attached hydrogen (secondary N) is 1. The van der Waals surface area contributed by atoms with Crippen molar-refractivity contribution in [3.05, 3.63) is 71.3 Å². The van der Waals surface area contributed by atoms with Crippen molar-refractivity contribution in [2.75, 3.05) is 10.2 Å². The van der Waals surface area contributed by atoms with E-state index in [2.05, 4.69) is 58.7 Å². The summed E-state index contributed by atoms with van der Waals surface area (Å²) in [5.74, 6) is 0.234. The smallest absolute Gasteiger partial charge is 0.260 e. The molecule has 1 aromatic heterocycles. The van der Waals surface area contributed by atoms with Crippen LogP contribution in [-0.4, -0.2) is 26.6 Å². The summed E-state index contributed by atoms with van der Waals surface area (Å²) < 4.78 is 1.80. The maximum Gasteiger partial charge on any atom is 0.260 e. The molecule has 1 saturated heterocycles. The molecule has 0 aliphatic carbocycles. The number of aryl methyl sites for hydroxylation is 1. The molecule has 0 unspecified atom stereocenters. The van der Waals surface area contributed by atoms with E-state index in [1.54, 1.807) is 4.68 Å². The van der Waals surface area contributed by atoms with E-state index in [-0.39, 0.29) is 42.7 Å². The first-order valence-electron chi connectivity index (χ1n) is 9.80. The fraction of sp³-hybridized carbons (Fsp3) is 0.273. The number of rotatable bonds is 3. The molecule has 1 fully saturated rings. The van der Waals surface area contributed by atoms with E-state index in [0.717, 1.165) is 16.9 Å². The standard InChI is InChI=1S/C22H21N5O2/c1-14-7-9-15(10-8-14)17-13-18(16-5-3-2-4-6-16)27-21(23-17)24-22(25-27)26-19(28)11-12-20(26)29/h2-10,17-18H,11-13H2,1H3,(H,23,24,25)/t17-,18+/m1/s1. The van der Waals surface area contributed by atoms with E-state index in [1.807, 2.05) is 18.2 Å². The number of anilines is 2. The van der Waals surface area contributed by atoms with Crippen LogP contribution < -0.4 is 10.2 Å². The Morgan fingerprint density at radius 1 is 0.931 bits per heavy atom. The summed E-state index contributed by atoms with van der Waals surface area (Å²) in [6.07, 6.45) is 1.21. The molecular formula is C22H21N5O2. The van der Waals surface area contributed by atoms with E-state index in [1.165, 1.54) is 11.1 Å². The fourth-order valence-electron chi connectivity index (χ4n) is 4.03. The van der Waals surface area contributed by atoms with Gasteiger partial charge in [0.05, 0.1) is 12.1 Å². The average Bonchev–Trinajstić information content (AvgIpc) is 3.30. The van der Waals surface area contributed by atoms with Crippen LogP contribution in [0.5, 0.6) is 0 Å². The van der Waals surface area contributed by atoms with Gasteiger partial charge in [-0.15, -0.1) is 5.10 Å². The number of benzene rings is 2. The van der Waals surface area contributed by atoms with Crippen molar-refractivity contribution in [1.82, 2.24) is 14.8 Å². The Morgan fingerprint density at radius 3 is 2.31 bits per heavy atom. The number of hydrogen-bond acceptors (Lipinski definition) is 5. The third kappa shape index (κ3) is 3.08. The van der Waals surface area contributed by atoms with Crippen LogP contribution in [0.3, 0.4) is 0 Å². The van der Waals surface area contributed by atoms with Gasteiger partial charge in [-0.1, -0.05) is 60.2 Å². The molecule has 3 heterocycles. The molecule has 2 amide bonds. The first-order chi connectivity index (χ1) is 14.1. The normalized spacial score (nSPS) is 21.2. The topological polar surface area (TPSA) is 80.1 Å². The Hall–Kier alpha value is -3.48. The Bertz CT molecular complexity index is 1060. The van der Waals surface area contributed by atoms with Crippen molar-refractivity contribution in [2.24, 2.45) is 0 Å². The second-order valence-corrected chi connectivity index (χ2v) is 7.57. The molecule has 7 nitrogen and oxygen atoms in total. The van der Waals surface area contributed by atoms with Gasteiger partial charge in [0.2, 0.25) is 17.8 Å². The molecule has 0 spiro atoms. The van der Waals surface area contributed by atoms with E-state index in [4.69, 9.17) is 0 Å². The number of nitrogens with zero attached hydrogens (tertiary/aromatic N) is 4. The second kappa shape index (κ2) is 6.84. The Kier molecular flexibility index (Phi) is 4.16. The van der Waals surface area contributed by atoms with Crippen LogP contribution in [0.4, 0.5) is 11.9 Å². The third-order valence-corrected chi connectivity index (χ3v) is 5.59. The van der Waals surface area contributed by atoms with Gasteiger partial charge in [0.15, 0.2) is 0 Å². The second-order valence-electron chi connectivity index (χ2n) is 7.57. The summed E-state index contributed by atoms with van der Waals surface area (Å²) in [6.45, 7) is 2.07. The molecule has 5 rings (SSSR count). The highest BCUT2D eigenvalue weighted by Crippen LogP contribution is 2.39. The zero-order valence-corrected chi connectivity index (χ0v) is 16.1. The SMILES string of the molecule is Cc1ccc([C@H]2C[C@@H](c3ccccc3)n3nc(N4C(=O)CCC4=O)nc3N2)cc1. The van der Waals surface area contributed by atoms with Crippen LogP contribution in [0.2, 0.25) is 0 Å². The Labute approximate surface area is 168 Å². The molecule has 3 aromatic rings. The molecule has 0 saturated carbocycles. The molecule has 146 valence electrons. The lowest BCUT2D eigenvalue weighted by molar-refractivity contribution is -0.121. The molecule has 7 heteroatoms. The van der Waals surface area contributed by atoms with E-state index in [9.17, 15) is 9.59 Å². The summed E-state index contributed by atoms with van der Waals surface area (Å²) in [5, 5.41) is 8.01. The Morgan fingerprint density at radius 2 is 1.62 bits per heavy atom. The zero-order chi connectivity index (χ0) is 20.0. The van der Waals surface area contributed by atoms with Crippen LogP contribution in [0.15, 0.2) is 54.6 Å².